The first-order valence-electron chi connectivity index (χ1n) is 13.8. The fourth-order valence-corrected chi connectivity index (χ4v) is 3.31. The first kappa shape index (κ1) is 40.6. The Morgan fingerprint density at radius 2 is 1.16 bits per heavy atom. The molecule has 0 amide bonds. The molecule has 0 atom stereocenters. The molecule has 0 nitrogen and oxygen atoms in total. The van der Waals surface area contributed by atoms with Crippen LogP contribution in [0.5, 0.6) is 0 Å². The minimum Gasteiger partial charge on any atom is -0.0955 e. The Balaban J connectivity index is -0.000000156. The average Bonchev–Trinajstić information content (AvgIpc) is 2.82. The smallest absolute Gasteiger partial charge is 0.0247 e. The van der Waals surface area contributed by atoms with Crippen LogP contribution in [-0.2, 0) is 0 Å². The van der Waals surface area contributed by atoms with Crippen LogP contribution in [0.2, 0.25) is 0 Å². The maximum Gasteiger partial charge on any atom is -0.0247 e. The predicted molar refractivity (Wildman–Crippen MR) is 153 cm³/mol. The number of hydrogen-bond donors (Lipinski definition) is 0. The third-order valence-electron chi connectivity index (χ3n) is 5.71. The number of rotatable bonds is 12. The summed E-state index contributed by atoms with van der Waals surface area (Å²) in [5, 5.41) is 0. The largest absolute Gasteiger partial charge is 0.0955 e. The lowest BCUT2D eigenvalue weighted by molar-refractivity contribution is 0.226. The van der Waals surface area contributed by atoms with Crippen LogP contribution in [0.3, 0.4) is 0 Å². The van der Waals surface area contributed by atoms with Gasteiger partial charge in [-0.05, 0) is 55.1 Å². The van der Waals surface area contributed by atoms with Crippen molar-refractivity contribution >= 4 is 0 Å². The molecular formula is C31H66. The van der Waals surface area contributed by atoms with E-state index >= 15 is 0 Å². The molecule has 0 fully saturated rings. The minimum atomic E-state index is 0.484. The molecule has 0 saturated heterocycles. The first-order valence-corrected chi connectivity index (χ1v) is 13.8. The second-order valence-electron chi connectivity index (χ2n) is 7.83. The van der Waals surface area contributed by atoms with Gasteiger partial charge in [-0.2, -0.15) is 0 Å². The number of allylic oxidation sites excluding steroid dienone is 4. The van der Waals surface area contributed by atoms with E-state index in [1.807, 2.05) is 41.5 Å². The molecule has 0 radical (unpaired) electrons. The fourth-order valence-electron chi connectivity index (χ4n) is 3.31. The van der Waals surface area contributed by atoms with Gasteiger partial charge in [-0.1, -0.05) is 147 Å². The van der Waals surface area contributed by atoms with Crippen molar-refractivity contribution < 1.29 is 0 Å². The van der Waals surface area contributed by atoms with Crippen molar-refractivity contribution in [3.8, 4) is 0 Å². The van der Waals surface area contributed by atoms with Crippen molar-refractivity contribution in [2.45, 2.75) is 155 Å². The summed E-state index contributed by atoms with van der Waals surface area (Å²) in [6.07, 6.45) is 13.7. The molecule has 0 N–H and O–H groups in total. The second kappa shape index (κ2) is 31.4. The lowest BCUT2D eigenvalue weighted by Gasteiger charge is -2.32. The van der Waals surface area contributed by atoms with Crippen LogP contribution in [0.1, 0.15) is 155 Å². The highest BCUT2D eigenvalue weighted by molar-refractivity contribution is 5.42. The summed E-state index contributed by atoms with van der Waals surface area (Å²) < 4.78 is 0. The molecule has 190 valence electrons. The lowest BCUT2D eigenvalue weighted by Crippen LogP contribution is -2.19. The third kappa shape index (κ3) is 23.7. The van der Waals surface area contributed by atoms with Gasteiger partial charge in [-0.15, -0.1) is 0 Å². The molecule has 0 saturated carbocycles. The zero-order valence-corrected chi connectivity index (χ0v) is 24.9. The predicted octanol–water partition coefficient (Wildman–Crippen LogP) is 12.4. The summed E-state index contributed by atoms with van der Waals surface area (Å²) in [5.41, 5.74) is 4.17. The molecular weight excluding hydrogens is 372 g/mol. The summed E-state index contributed by atoms with van der Waals surface area (Å²) in [7, 11) is 0. The SMILES string of the molecule is C=C(C)/C(=C\CC(CC)(CCC)CCC)C(=C)CC.CC.CC.CC.CCC(C)CC. The van der Waals surface area contributed by atoms with E-state index in [9.17, 15) is 0 Å². The van der Waals surface area contributed by atoms with Crippen molar-refractivity contribution in [1.82, 2.24) is 0 Å². The maximum absolute atomic E-state index is 4.18. The van der Waals surface area contributed by atoms with Crippen molar-refractivity contribution in [3.05, 3.63) is 36.0 Å². The molecule has 0 aliphatic carbocycles. The van der Waals surface area contributed by atoms with Gasteiger partial charge in [-0.3, -0.25) is 0 Å². The topological polar surface area (TPSA) is 0 Å². The summed E-state index contributed by atoms with van der Waals surface area (Å²) >= 11 is 0. The molecule has 0 bridgehead atoms. The monoisotopic (exact) mass is 439 g/mol. The minimum absolute atomic E-state index is 0.484. The van der Waals surface area contributed by atoms with Gasteiger partial charge in [-0.25, -0.2) is 0 Å². The lowest BCUT2D eigenvalue weighted by atomic mass is 9.73. The first-order chi connectivity index (χ1) is 14.8. The van der Waals surface area contributed by atoms with E-state index in [0.717, 1.165) is 17.9 Å². The van der Waals surface area contributed by atoms with Gasteiger partial charge in [0.1, 0.15) is 0 Å². The Morgan fingerprint density at radius 3 is 1.35 bits per heavy atom. The second-order valence-corrected chi connectivity index (χ2v) is 7.83. The Kier molecular flexibility index (Phi) is 41.1. The molecule has 0 aliphatic heterocycles. The molecule has 0 aromatic rings. The summed E-state index contributed by atoms with van der Waals surface area (Å²) in [5.74, 6) is 0.935. The Hall–Kier alpha value is -0.780. The van der Waals surface area contributed by atoms with Crippen molar-refractivity contribution in [2.75, 3.05) is 0 Å². The van der Waals surface area contributed by atoms with Crippen LogP contribution in [0, 0.1) is 11.3 Å². The van der Waals surface area contributed by atoms with Gasteiger partial charge in [0.15, 0.2) is 0 Å². The van der Waals surface area contributed by atoms with Crippen molar-refractivity contribution in [1.29, 1.82) is 0 Å². The maximum atomic E-state index is 4.18. The van der Waals surface area contributed by atoms with Gasteiger partial charge in [0.25, 0.3) is 0 Å². The van der Waals surface area contributed by atoms with Crippen molar-refractivity contribution in [2.24, 2.45) is 11.3 Å². The highest BCUT2D eigenvalue weighted by Gasteiger charge is 2.25. The summed E-state index contributed by atoms with van der Waals surface area (Å²) in [4.78, 5) is 0. The molecule has 0 aliphatic rings. The highest BCUT2D eigenvalue weighted by atomic mass is 14.3. The Morgan fingerprint density at radius 1 is 0.774 bits per heavy atom. The molecule has 0 heterocycles. The van der Waals surface area contributed by atoms with Crippen molar-refractivity contribution in [3.63, 3.8) is 0 Å². The van der Waals surface area contributed by atoms with Gasteiger partial charge in [0.05, 0.1) is 0 Å². The third-order valence-corrected chi connectivity index (χ3v) is 5.71. The quantitative estimate of drug-likeness (QED) is 0.266. The number of hydrogen-bond acceptors (Lipinski definition) is 0. The van der Waals surface area contributed by atoms with Crippen LogP contribution < -0.4 is 0 Å². The van der Waals surface area contributed by atoms with E-state index in [0.29, 0.717) is 5.41 Å². The van der Waals surface area contributed by atoms with Gasteiger partial charge >= 0.3 is 0 Å². The van der Waals surface area contributed by atoms with Crippen LogP contribution in [0.25, 0.3) is 0 Å². The zero-order chi connectivity index (χ0) is 25.9. The molecule has 0 unspecified atom stereocenters. The molecule has 0 heteroatoms. The van der Waals surface area contributed by atoms with Crippen LogP contribution in [0.4, 0.5) is 0 Å². The molecule has 31 heavy (non-hydrogen) atoms. The van der Waals surface area contributed by atoms with E-state index < -0.39 is 0 Å². The molecule has 0 spiro atoms. The molecule has 0 aromatic heterocycles. The Bertz CT molecular complexity index is 373. The van der Waals surface area contributed by atoms with Crippen LogP contribution in [0.15, 0.2) is 36.0 Å². The van der Waals surface area contributed by atoms with E-state index in [1.165, 1.54) is 62.5 Å². The standard InChI is InChI=1S/C19H34.C6H14.3C2H6/c1-8-13-19(11-4,14-9-2)15-12-18(16(5)6)17(7)10-3;1-4-6(3)5-2;3*1-2/h12H,5,7-11,13-15H2,1-4,6H3;6H,4-5H2,1-3H3;3*1-2H3/b18-12+;;;;. The normalized spacial score (nSPS) is 10.2. The van der Waals surface area contributed by atoms with E-state index in [2.05, 4.69) is 74.6 Å². The average molecular weight is 439 g/mol. The fraction of sp³-hybridized carbons (Fsp3) is 0.806. The highest BCUT2D eigenvalue weighted by Crippen LogP contribution is 2.38. The summed E-state index contributed by atoms with van der Waals surface area (Å²) in [6.45, 7) is 38.2. The van der Waals surface area contributed by atoms with Gasteiger partial charge in [0.2, 0.25) is 0 Å². The van der Waals surface area contributed by atoms with Crippen LogP contribution >= 0.6 is 0 Å². The van der Waals surface area contributed by atoms with Gasteiger partial charge in [0, 0.05) is 0 Å². The van der Waals surface area contributed by atoms with Gasteiger partial charge < -0.3 is 0 Å². The van der Waals surface area contributed by atoms with Crippen LogP contribution in [-0.4, -0.2) is 0 Å². The zero-order valence-electron chi connectivity index (χ0n) is 24.9. The molecule has 0 rings (SSSR count). The van der Waals surface area contributed by atoms with E-state index in [-0.39, 0.29) is 0 Å². The summed E-state index contributed by atoms with van der Waals surface area (Å²) in [6, 6.07) is 0. The Labute approximate surface area is 202 Å². The van der Waals surface area contributed by atoms with E-state index in [4.69, 9.17) is 0 Å². The van der Waals surface area contributed by atoms with E-state index in [1.54, 1.807) is 0 Å². The molecule has 0 aromatic carbocycles.